The number of nitrogen functional groups attached to an aromatic ring is 2. The van der Waals surface area contributed by atoms with E-state index < -0.39 is 5.97 Å². The number of anilines is 2. The molecule has 0 unspecified atom stereocenters. The van der Waals surface area contributed by atoms with E-state index in [1.54, 1.807) is 48.5 Å². The van der Waals surface area contributed by atoms with Gasteiger partial charge in [0.05, 0.1) is 5.56 Å². The molecule has 1 aliphatic carbocycles. The summed E-state index contributed by atoms with van der Waals surface area (Å²) in [6.07, 6.45) is 9.84. The van der Waals surface area contributed by atoms with Gasteiger partial charge in [-0.15, -0.1) is 6.58 Å². The minimum Gasteiger partial charge on any atom is -0.459 e. The summed E-state index contributed by atoms with van der Waals surface area (Å²) < 4.78 is 10.9. The van der Waals surface area contributed by atoms with Gasteiger partial charge in [0.2, 0.25) is 0 Å². The maximum absolute atomic E-state index is 12.4. The summed E-state index contributed by atoms with van der Waals surface area (Å²) in [6.45, 7) is 3.84. The SMILES string of the molecule is C=CCC1CCC(OC(=O)c2ccc(C=CC(=O)OCc3cc(N)ccc3N)cc2)CC1. The fourth-order valence-electron chi connectivity index (χ4n) is 3.78. The van der Waals surface area contributed by atoms with Crippen molar-refractivity contribution >= 4 is 29.4 Å². The first-order valence-electron chi connectivity index (χ1n) is 10.8. The molecule has 0 heterocycles. The molecular formula is C26H30N2O4. The molecule has 0 saturated heterocycles. The zero-order valence-corrected chi connectivity index (χ0v) is 18.2. The molecule has 0 bridgehead atoms. The molecule has 3 rings (SSSR count). The standard InChI is InChI=1S/C26H30N2O4/c1-2-3-18-6-12-23(13-7-18)32-26(30)20-9-4-19(5-10-20)8-15-25(29)31-17-21-16-22(27)11-14-24(21)28/h2,4-5,8-11,14-16,18,23H,1,3,6-7,12-13,17,27-28H2. The van der Waals surface area contributed by atoms with Gasteiger partial charge in [-0.05, 0) is 80.0 Å². The first kappa shape index (κ1) is 23.1. The van der Waals surface area contributed by atoms with Gasteiger partial charge in [-0.25, -0.2) is 9.59 Å². The van der Waals surface area contributed by atoms with E-state index in [0.29, 0.717) is 28.4 Å². The van der Waals surface area contributed by atoms with Gasteiger partial charge >= 0.3 is 11.9 Å². The van der Waals surface area contributed by atoms with E-state index in [1.807, 2.05) is 6.08 Å². The number of hydrogen-bond acceptors (Lipinski definition) is 6. The number of carbonyl (C=O) groups is 2. The topological polar surface area (TPSA) is 105 Å². The minimum atomic E-state index is -0.498. The van der Waals surface area contributed by atoms with E-state index >= 15 is 0 Å². The second-order valence-electron chi connectivity index (χ2n) is 8.09. The molecule has 0 amide bonds. The molecule has 0 aromatic heterocycles. The molecule has 1 saturated carbocycles. The van der Waals surface area contributed by atoms with Crippen LogP contribution in [0.3, 0.4) is 0 Å². The lowest BCUT2D eigenvalue weighted by Gasteiger charge is -2.27. The Hall–Kier alpha value is -3.54. The first-order chi connectivity index (χ1) is 15.4. The molecule has 1 fully saturated rings. The molecule has 0 spiro atoms. The van der Waals surface area contributed by atoms with Crippen molar-refractivity contribution < 1.29 is 19.1 Å². The Bertz CT molecular complexity index is 974. The summed E-state index contributed by atoms with van der Waals surface area (Å²) in [6, 6.07) is 12.0. The lowest BCUT2D eigenvalue weighted by atomic mass is 9.85. The van der Waals surface area contributed by atoms with E-state index in [0.717, 1.165) is 37.7 Å². The van der Waals surface area contributed by atoms with Crippen LogP contribution in [0, 0.1) is 5.92 Å². The first-order valence-corrected chi connectivity index (χ1v) is 10.8. The minimum absolute atomic E-state index is 0.0214. The van der Waals surface area contributed by atoms with Crippen LogP contribution >= 0.6 is 0 Å². The number of ether oxygens (including phenoxy) is 2. The van der Waals surface area contributed by atoms with Crippen molar-refractivity contribution in [1.29, 1.82) is 0 Å². The normalized spacial score (nSPS) is 18.2. The molecule has 1 aliphatic rings. The predicted octanol–water partition coefficient (Wildman–Crippen LogP) is 4.90. The zero-order valence-electron chi connectivity index (χ0n) is 18.2. The third-order valence-electron chi connectivity index (χ3n) is 5.66. The van der Waals surface area contributed by atoms with Crippen LogP contribution in [0.1, 0.15) is 53.6 Å². The second kappa shape index (κ2) is 11.2. The fraction of sp³-hybridized carbons (Fsp3) is 0.308. The summed E-state index contributed by atoms with van der Waals surface area (Å²) in [7, 11) is 0. The Labute approximate surface area is 188 Å². The molecule has 4 N–H and O–H groups in total. The lowest BCUT2D eigenvalue weighted by Crippen LogP contribution is -2.24. The predicted molar refractivity (Wildman–Crippen MR) is 127 cm³/mol. The Morgan fingerprint density at radius 2 is 1.75 bits per heavy atom. The van der Waals surface area contributed by atoms with Crippen LogP contribution in [0.2, 0.25) is 0 Å². The Kier molecular flexibility index (Phi) is 8.08. The summed E-state index contributed by atoms with van der Waals surface area (Å²) in [4.78, 5) is 24.4. The highest BCUT2D eigenvalue weighted by molar-refractivity contribution is 5.90. The summed E-state index contributed by atoms with van der Waals surface area (Å²) in [5, 5.41) is 0. The van der Waals surface area contributed by atoms with E-state index in [1.165, 1.54) is 6.08 Å². The molecule has 2 aromatic carbocycles. The van der Waals surface area contributed by atoms with Crippen LogP contribution in [0.25, 0.3) is 6.08 Å². The number of rotatable bonds is 8. The molecular weight excluding hydrogens is 404 g/mol. The van der Waals surface area contributed by atoms with Crippen molar-refractivity contribution in [3.8, 4) is 0 Å². The Morgan fingerprint density at radius 3 is 2.44 bits per heavy atom. The van der Waals surface area contributed by atoms with Crippen LogP contribution in [-0.2, 0) is 20.9 Å². The van der Waals surface area contributed by atoms with Crippen molar-refractivity contribution in [2.75, 3.05) is 11.5 Å². The van der Waals surface area contributed by atoms with E-state index in [2.05, 4.69) is 6.58 Å². The van der Waals surface area contributed by atoms with Gasteiger partial charge in [0.15, 0.2) is 0 Å². The average molecular weight is 435 g/mol. The quantitative estimate of drug-likeness (QED) is 0.265. The largest absolute Gasteiger partial charge is 0.459 e. The number of nitrogens with two attached hydrogens (primary N) is 2. The number of benzene rings is 2. The number of carbonyl (C=O) groups excluding carboxylic acids is 2. The van der Waals surface area contributed by atoms with Gasteiger partial charge in [-0.2, -0.15) is 0 Å². The zero-order chi connectivity index (χ0) is 22.9. The molecule has 0 aliphatic heterocycles. The second-order valence-corrected chi connectivity index (χ2v) is 8.09. The van der Waals surface area contributed by atoms with Crippen LogP contribution in [0.4, 0.5) is 11.4 Å². The van der Waals surface area contributed by atoms with Crippen molar-refractivity contribution in [1.82, 2.24) is 0 Å². The van der Waals surface area contributed by atoms with Crippen LogP contribution in [0.15, 0.2) is 61.2 Å². The molecule has 6 heteroatoms. The Morgan fingerprint density at radius 1 is 1.03 bits per heavy atom. The summed E-state index contributed by atoms with van der Waals surface area (Å²) >= 11 is 0. The maximum atomic E-state index is 12.4. The molecule has 6 nitrogen and oxygen atoms in total. The average Bonchev–Trinajstić information content (AvgIpc) is 2.80. The molecule has 0 atom stereocenters. The van der Waals surface area contributed by atoms with Gasteiger partial charge in [-0.3, -0.25) is 0 Å². The lowest BCUT2D eigenvalue weighted by molar-refractivity contribution is -0.138. The van der Waals surface area contributed by atoms with Crippen molar-refractivity contribution in [2.24, 2.45) is 5.92 Å². The number of esters is 2. The highest BCUT2D eigenvalue weighted by Crippen LogP contribution is 2.29. The van der Waals surface area contributed by atoms with Crippen LogP contribution < -0.4 is 11.5 Å². The van der Waals surface area contributed by atoms with Gasteiger partial charge in [0, 0.05) is 23.0 Å². The maximum Gasteiger partial charge on any atom is 0.338 e. The van der Waals surface area contributed by atoms with E-state index in [9.17, 15) is 9.59 Å². The van der Waals surface area contributed by atoms with Gasteiger partial charge in [0.25, 0.3) is 0 Å². The highest BCUT2D eigenvalue weighted by atomic mass is 16.5. The monoisotopic (exact) mass is 434 g/mol. The molecule has 2 aromatic rings. The molecule has 32 heavy (non-hydrogen) atoms. The van der Waals surface area contributed by atoms with Crippen molar-refractivity contribution in [3.63, 3.8) is 0 Å². The van der Waals surface area contributed by atoms with Crippen molar-refractivity contribution in [3.05, 3.63) is 77.9 Å². The Balaban J connectivity index is 1.47. The molecule has 0 radical (unpaired) electrons. The fourth-order valence-corrected chi connectivity index (χ4v) is 3.78. The van der Waals surface area contributed by atoms with Crippen LogP contribution in [0.5, 0.6) is 0 Å². The number of allylic oxidation sites excluding steroid dienone is 1. The third kappa shape index (κ3) is 6.74. The molecule has 168 valence electrons. The summed E-state index contributed by atoms with van der Waals surface area (Å²) in [5.41, 5.74) is 14.6. The van der Waals surface area contributed by atoms with Crippen LogP contribution in [-0.4, -0.2) is 18.0 Å². The van der Waals surface area contributed by atoms with Crippen molar-refractivity contribution in [2.45, 2.75) is 44.8 Å². The smallest absolute Gasteiger partial charge is 0.338 e. The van der Waals surface area contributed by atoms with E-state index in [-0.39, 0.29) is 18.7 Å². The van der Waals surface area contributed by atoms with Gasteiger partial charge in [0.1, 0.15) is 12.7 Å². The highest BCUT2D eigenvalue weighted by Gasteiger charge is 2.23. The third-order valence-corrected chi connectivity index (χ3v) is 5.66. The van der Waals surface area contributed by atoms with Gasteiger partial charge < -0.3 is 20.9 Å². The summed E-state index contributed by atoms with van der Waals surface area (Å²) in [5.74, 6) is -0.155. The van der Waals surface area contributed by atoms with E-state index in [4.69, 9.17) is 20.9 Å². The van der Waals surface area contributed by atoms with Gasteiger partial charge in [-0.1, -0.05) is 18.2 Å². The number of hydrogen-bond donors (Lipinski definition) is 2.